The zero-order valence-corrected chi connectivity index (χ0v) is 19.8. The number of carbonyl (C=O) groups is 2. The normalized spacial score (nSPS) is 13.2. The van der Waals surface area contributed by atoms with E-state index in [-0.39, 0.29) is 11.7 Å². The van der Waals surface area contributed by atoms with E-state index in [1.54, 1.807) is 47.4 Å². The molecule has 10 heteroatoms. The first-order chi connectivity index (χ1) is 16.9. The molecule has 0 saturated carbocycles. The highest BCUT2D eigenvalue weighted by molar-refractivity contribution is 6.31. The zero-order valence-electron chi connectivity index (χ0n) is 19.1. The summed E-state index contributed by atoms with van der Waals surface area (Å²) in [5.41, 5.74) is 2.23. The van der Waals surface area contributed by atoms with Crippen molar-refractivity contribution in [3.8, 4) is 5.75 Å². The summed E-state index contributed by atoms with van der Waals surface area (Å²) in [6, 6.07) is 17.7. The molecule has 182 valence electrons. The molecule has 1 saturated heterocycles. The molecule has 1 heterocycles. The van der Waals surface area contributed by atoms with Crippen molar-refractivity contribution in [3.05, 3.63) is 77.6 Å². The molecule has 3 aromatic rings. The lowest BCUT2D eigenvalue weighted by Crippen LogP contribution is -2.50. The van der Waals surface area contributed by atoms with E-state index in [2.05, 4.69) is 20.9 Å². The first-order valence-corrected chi connectivity index (χ1v) is 11.4. The lowest BCUT2D eigenvalue weighted by Gasteiger charge is -2.36. The molecular formula is C25H25ClFN5O3. The first-order valence-electron chi connectivity index (χ1n) is 11.0. The number of nitrogens with one attached hydrogen (secondary N) is 3. The van der Waals surface area contributed by atoms with E-state index in [1.807, 2.05) is 12.1 Å². The number of carbonyl (C=O) groups excluding carboxylic acids is 2. The molecule has 0 bridgehead atoms. The second kappa shape index (κ2) is 11.0. The third-order valence-corrected chi connectivity index (χ3v) is 5.82. The molecule has 1 fully saturated rings. The van der Waals surface area contributed by atoms with Crippen molar-refractivity contribution < 1.29 is 18.7 Å². The smallest absolute Gasteiger partial charge is 0.323 e. The molecule has 4 amide bonds. The summed E-state index contributed by atoms with van der Waals surface area (Å²) < 4.78 is 19.0. The van der Waals surface area contributed by atoms with Crippen molar-refractivity contribution in [2.45, 2.75) is 0 Å². The van der Waals surface area contributed by atoms with Crippen LogP contribution in [0.2, 0.25) is 5.02 Å². The third kappa shape index (κ3) is 6.13. The number of amides is 4. The average Bonchev–Trinajstić information content (AvgIpc) is 2.86. The Bertz CT molecular complexity index is 1200. The van der Waals surface area contributed by atoms with Gasteiger partial charge in [0.15, 0.2) is 0 Å². The molecule has 0 spiro atoms. The van der Waals surface area contributed by atoms with E-state index in [1.165, 1.54) is 19.2 Å². The van der Waals surface area contributed by atoms with Crippen LogP contribution in [0, 0.1) is 5.82 Å². The Morgan fingerprint density at radius 1 is 0.886 bits per heavy atom. The fraction of sp³-hybridized carbons (Fsp3) is 0.200. The number of hydrogen-bond donors (Lipinski definition) is 3. The summed E-state index contributed by atoms with van der Waals surface area (Å²) in [5.74, 6) is 0.0372. The van der Waals surface area contributed by atoms with E-state index in [0.29, 0.717) is 48.3 Å². The summed E-state index contributed by atoms with van der Waals surface area (Å²) in [7, 11) is 1.51. The summed E-state index contributed by atoms with van der Waals surface area (Å²) >= 11 is 6.01. The highest BCUT2D eigenvalue weighted by Crippen LogP contribution is 2.28. The van der Waals surface area contributed by atoms with E-state index >= 15 is 0 Å². The molecule has 4 rings (SSSR count). The van der Waals surface area contributed by atoms with Crippen LogP contribution in [0.3, 0.4) is 0 Å². The number of ether oxygens (including phenoxy) is 1. The van der Waals surface area contributed by atoms with Gasteiger partial charge in [-0.2, -0.15) is 0 Å². The number of urea groups is 2. The Morgan fingerprint density at radius 3 is 2.29 bits per heavy atom. The minimum absolute atomic E-state index is 0.167. The van der Waals surface area contributed by atoms with Gasteiger partial charge in [-0.1, -0.05) is 23.7 Å². The molecule has 1 aliphatic rings. The second-order valence-corrected chi connectivity index (χ2v) is 8.29. The van der Waals surface area contributed by atoms with Crippen LogP contribution in [-0.4, -0.2) is 50.3 Å². The van der Waals surface area contributed by atoms with Crippen molar-refractivity contribution in [1.29, 1.82) is 0 Å². The van der Waals surface area contributed by atoms with Gasteiger partial charge in [0.2, 0.25) is 0 Å². The number of rotatable bonds is 5. The van der Waals surface area contributed by atoms with Crippen LogP contribution < -0.4 is 25.6 Å². The molecule has 8 nitrogen and oxygen atoms in total. The van der Waals surface area contributed by atoms with Crippen molar-refractivity contribution >= 4 is 46.4 Å². The fourth-order valence-corrected chi connectivity index (χ4v) is 3.91. The summed E-state index contributed by atoms with van der Waals surface area (Å²) in [4.78, 5) is 28.7. The maximum Gasteiger partial charge on any atom is 0.323 e. The van der Waals surface area contributed by atoms with E-state index in [0.717, 1.165) is 5.69 Å². The van der Waals surface area contributed by atoms with Crippen LogP contribution in [-0.2, 0) is 0 Å². The predicted molar refractivity (Wildman–Crippen MR) is 136 cm³/mol. The second-order valence-electron chi connectivity index (χ2n) is 7.85. The average molecular weight is 498 g/mol. The third-order valence-electron chi connectivity index (χ3n) is 5.58. The molecule has 35 heavy (non-hydrogen) atoms. The number of anilines is 4. The number of piperazine rings is 1. The molecular weight excluding hydrogens is 473 g/mol. The van der Waals surface area contributed by atoms with Crippen LogP contribution in [0.4, 0.5) is 36.7 Å². The van der Waals surface area contributed by atoms with Crippen LogP contribution in [0.25, 0.3) is 0 Å². The van der Waals surface area contributed by atoms with Gasteiger partial charge in [0, 0.05) is 42.6 Å². The lowest BCUT2D eigenvalue weighted by atomic mass is 10.2. The molecule has 0 aliphatic carbocycles. The molecule has 0 unspecified atom stereocenters. The summed E-state index contributed by atoms with van der Waals surface area (Å²) in [6.45, 7) is 2.27. The SMILES string of the molecule is COc1ccc(Cl)cc1NC(=O)Nc1ccc(N2CCN(C(=O)Nc3ccccc3F)CC2)cc1. The number of hydrogen-bond acceptors (Lipinski definition) is 4. The van der Waals surface area contributed by atoms with Gasteiger partial charge >= 0.3 is 12.1 Å². The van der Waals surface area contributed by atoms with Crippen molar-refractivity contribution in [2.75, 3.05) is 54.1 Å². The predicted octanol–water partition coefficient (Wildman–Crippen LogP) is 5.49. The van der Waals surface area contributed by atoms with Crippen molar-refractivity contribution in [1.82, 2.24) is 4.90 Å². The Balaban J connectivity index is 1.29. The minimum atomic E-state index is -0.464. The van der Waals surface area contributed by atoms with Gasteiger partial charge in [0.1, 0.15) is 11.6 Å². The number of nitrogens with zero attached hydrogens (tertiary/aromatic N) is 2. The summed E-state index contributed by atoms with van der Waals surface area (Å²) in [6.07, 6.45) is 0. The highest BCUT2D eigenvalue weighted by Gasteiger charge is 2.22. The number of halogens is 2. The maximum absolute atomic E-state index is 13.8. The largest absolute Gasteiger partial charge is 0.495 e. The van der Waals surface area contributed by atoms with E-state index in [9.17, 15) is 14.0 Å². The van der Waals surface area contributed by atoms with Crippen LogP contribution in [0.15, 0.2) is 66.7 Å². The van der Waals surface area contributed by atoms with Gasteiger partial charge in [0.25, 0.3) is 0 Å². The number of benzene rings is 3. The lowest BCUT2D eigenvalue weighted by molar-refractivity contribution is 0.208. The Labute approximate surface area is 207 Å². The van der Waals surface area contributed by atoms with Crippen molar-refractivity contribution in [3.63, 3.8) is 0 Å². The maximum atomic E-state index is 13.8. The van der Waals surface area contributed by atoms with Gasteiger partial charge in [-0.05, 0) is 54.6 Å². The van der Waals surface area contributed by atoms with E-state index in [4.69, 9.17) is 16.3 Å². The topological polar surface area (TPSA) is 85.9 Å². The zero-order chi connectivity index (χ0) is 24.8. The molecule has 3 aromatic carbocycles. The minimum Gasteiger partial charge on any atom is -0.495 e. The van der Waals surface area contributed by atoms with Gasteiger partial charge in [-0.3, -0.25) is 0 Å². The van der Waals surface area contributed by atoms with E-state index < -0.39 is 11.8 Å². The van der Waals surface area contributed by atoms with Crippen LogP contribution in [0.5, 0.6) is 5.75 Å². The molecule has 0 atom stereocenters. The van der Waals surface area contributed by atoms with Crippen LogP contribution >= 0.6 is 11.6 Å². The number of methoxy groups -OCH3 is 1. The van der Waals surface area contributed by atoms with Crippen LogP contribution in [0.1, 0.15) is 0 Å². The summed E-state index contributed by atoms with van der Waals surface area (Å²) in [5, 5.41) is 8.61. The highest BCUT2D eigenvalue weighted by atomic mass is 35.5. The first kappa shape index (κ1) is 24.2. The molecule has 3 N–H and O–H groups in total. The fourth-order valence-electron chi connectivity index (χ4n) is 3.74. The molecule has 0 aromatic heterocycles. The Kier molecular flexibility index (Phi) is 7.57. The monoisotopic (exact) mass is 497 g/mol. The number of para-hydroxylation sites is 1. The van der Waals surface area contributed by atoms with Gasteiger partial charge in [0.05, 0.1) is 18.5 Å². The standard InChI is InChI=1S/C25H25ClFN5O3/c1-35-23-11-6-17(26)16-22(23)29-24(33)28-18-7-9-19(10-8-18)31-12-14-32(15-13-31)25(34)30-21-5-3-2-4-20(21)27/h2-11,16H,12-15H2,1H3,(H,30,34)(H2,28,29,33). The van der Waals surface area contributed by atoms with Gasteiger partial charge in [-0.15, -0.1) is 0 Å². The molecule has 1 aliphatic heterocycles. The Morgan fingerprint density at radius 2 is 1.60 bits per heavy atom. The molecule has 0 radical (unpaired) electrons. The quantitative estimate of drug-likeness (QED) is 0.435. The van der Waals surface area contributed by atoms with Gasteiger partial charge < -0.3 is 30.5 Å². The van der Waals surface area contributed by atoms with Gasteiger partial charge in [-0.25, -0.2) is 14.0 Å². The Hall–Kier alpha value is -3.98. The van der Waals surface area contributed by atoms with Crippen molar-refractivity contribution in [2.24, 2.45) is 0 Å².